The maximum atomic E-state index is 4.99. The van der Waals surface area contributed by atoms with E-state index in [4.69, 9.17) is 4.99 Å². The van der Waals surface area contributed by atoms with E-state index in [9.17, 15) is 0 Å². The van der Waals surface area contributed by atoms with Crippen LogP contribution in [0.2, 0.25) is 0 Å². The lowest BCUT2D eigenvalue weighted by molar-refractivity contribution is 0.356. The van der Waals surface area contributed by atoms with Crippen molar-refractivity contribution in [2.45, 2.75) is 59.9 Å². The number of nitrogens with zero attached hydrogens (tertiary/aromatic N) is 2. The van der Waals surface area contributed by atoms with Crippen LogP contribution in [0.1, 0.15) is 62.3 Å². The van der Waals surface area contributed by atoms with E-state index in [1.54, 1.807) is 0 Å². The molecule has 3 rings (SSSR count). The van der Waals surface area contributed by atoms with Gasteiger partial charge in [0.25, 0.3) is 0 Å². The van der Waals surface area contributed by atoms with Gasteiger partial charge in [-0.15, -0.1) is 0 Å². The van der Waals surface area contributed by atoms with Crippen LogP contribution in [0.4, 0.5) is 0 Å². The quantitative estimate of drug-likeness (QED) is 0.371. The van der Waals surface area contributed by atoms with Crippen LogP contribution in [0.5, 0.6) is 0 Å². The van der Waals surface area contributed by atoms with E-state index >= 15 is 0 Å². The third-order valence-corrected chi connectivity index (χ3v) is 5.91. The molecule has 0 atom stereocenters. The van der Waals surface area contributed by atoms with Crippen molar-refractivity contribution in [3.05, 3.63) is 106 Å². The van der Waals surface area contributed by atoms with Crippen LogP contribution in [0.25, 0.3) is 0 Å². The molecule has 0 saturated carbocycles. The van der Waals surface area contributed by atoms with Crippen molar-refractivity contribution < 1.29 is 0 Å². The SMILES string of the molecule is C=C(C)CN(Cc1cccc(CCC2=C(C)CC(c3ccc(C)cc3)=N2)c1)C(=C)CC. The van der Waals surface area contributed by atoms with E-state index in [0.717, 1.165) is 50.0 Å². The van der Waals surface area contributed by atoms with Gasteiger partial charge in [-0.25, -0.2) is 0 Å². The lowest BCUT2D eigenvalue weighted by Gasteiger charge is -2.26. The van der Waals surface area contributed by atoms with Crippen molar-refractivity contribution in [3.8, 4) is 0 Å². The normalized spacial score (nSPS) is 13.4. The Balaban J connectivity index is 1.65. The van der Waals surface area contributed by atoms with E-state index in [2.05, 4.69) is 94.3 Å². The summed E-state index contributed by atoms with van der Waals surface area (Å²) in [4.78, 5) is 7.33. The van der Waals surface area contributed by atoms with Crippen LogP contribution in [-0.2, 0) is 13.0 Å². The number of aryl methyl sites for hydroxylation is 2. The van der Waals surface area contributed by atoms with Crippen LogP contribution in [-0.4, -0.2) is 17.2 Å². The van der Waals surface area contributed by atoms with E-state index < -0.39 is 0 Å². The van der Waals surface area contributed by atoms with Crippen molar-refractivity contribution in [3.63, 3.8) is 0 Å². The summed E-state index contributed by atoms with van der Waals surface area (Å²) >= 11 is 0. The molecule has 0 amide bonds. The van der Waals surface area contributed by atoms with Crippen LogP contribution in [0.3, 0.4) is 0 Å². The van der Waals surface area contributed by atoms with E-state index in [1.165, 1.54) is 39.2 Å². The first-order valence-corrected chi connectivity index (χ1v) is 11.3. The summed E-state index contributed by atoms with van der Waals surface area (Å²) in [5.74, 6) is 0. The highest BCUT2D eigenvalue weighted by Crippen LogP contribution is 2.27. The number of aliphatic imine (C=N–C) groups is 1. The molecular formula is C29H36N2. The van der Waals surface area contributed by atoms with Gasteiger partial charge in [-0.1, -0.05) is 79.7 Å². The van der Waals surface area contributed by atoms with Crippen molar-refractivity contribution in [1.82, 2.24) is 4.90 Å². The van der Waals surface area contributed by atoms with Crippen molar-refractivity contribution >= 4 is 5.71 Å². The lowest BCUT2D eigenvalue weighted by Crippen LogP contribution is -2.23. The Morgan fingerprint density at radius 1 is 1.00 bits per heavy atom. The molecular weight excluding hydrogens is 376 g/mol. The van der Waals surface area contributed by atoms with Gasteiger partial charge in [-0.2, -0.15) is 0 Å². The molecule has 0 radical (unpaired) electrons. The van der Waals surface area contributed by atoms with Gasteiger partial charge < -0.3 is 4.90 Å². The smallest absolute Gasteiger partial charge is 0.0520 e. The van der Waals surface area contributed by atoms with Crippen molar-refractivity contribution in [2.75, 3.05) is 6.54 Å². The topological polar surface area (TPSA) is 15.6 Å². The molecule has 0 bridgehead atoms. The largest absolute Gasteiger partial charge is 0.367 e. The molecule has 162 valence electrons. The summed E-state index contributed by atoms with van der Waals surface area (Å²) in [5, 5.41) is 0. The second-order valence-electron chi connectivity index (χ2n) is 8.88. The van der Waals surface area contributed by atoms with Gasteiger partial charge in [-0.3, -0.25) is 4.99 Å². The van der Waals surface area contributed by atoms with Gasteiger partial charge in [0.15, 0.2) is 0 Å². The fraction of sp³-hybridized carbons (Fsp3) is 0.345. The van der Waals surface area contributed by atoms with Crippen LogP contribution in [0.15, 0.2) is 89.2 Å². The zero-order chi connectivity index (χ0) is 22.4. The van der Waals surface area contributed by atoms with Crippen LogP contribution >= 0.6 is 0 Å². The second-order valence-corrected chi connectivity index (χ2v) is 8.88. The molecule has 0 spiro atoms. The van der Waals surface area contributed by atoms with Gasteiger partial charge >= 0.3 is 0 Å². The Morgan fingerprint density at radius 3 is 2.39 bits per heavy atom. The van der Waals surface area contributed by atoms with Gasteiger partial charge in [0, 0.05) is 30.9 Å². The van der Waals surface area contributed by atoms with Gasteiger partial charge in [0.1, 0.15) is 0 Å². The predicted octanol–water partition coefficient (Wildman–Crippen LogP) is 7.40. The molecule has 1 aliphatic rings. The average Bonchev–Trinajstić information content (AvgIpc) is 3.12. The maximum absolute atomic E-state index is 4.99. The first kappa shape index (κ1) is 22.8. The molecule has 0 aliphatic carbocycles. The van der Waals surface area contributed by atoms with Gasteiger partial charge in [0.2, 0.25) is 0 Å². The average molecular weight is 413 g/mol. The van der Waals surface area contributed by atoms with Crippen LogP contribution in [0, 0.1) is 6.92 Å². The van der Waals surface area contributed by atoms with Crippen molar-refractivity contribution in [2.24, 2.45) is 4.99 Å². The zero-order valence-corrected chi connectivity index (χ0v) is 19.7. The molecule has 1 aliphatic heterocycles. The maximum Gasteiger partial charge on any atom is 0.0520 e. The first-order valence-electron chi connectivity index (χ1n) is 11.3. The molecule has 0 N–H and O–H groups in total. The fourth-order valence-corrected chi connectivity index (χ4v) is 4.03. The summed E-state index contributed by atoms with van der Waals surface area (Å²) in [7, 11) is 0. The molecule has 2 aromatic carbocycles. The monoisotopic (exact) mass is 412 g/mol. The van der Waals surface area contributed by atoms with E-state index in [0.29, 0.717) is 0 Å². The summed E-state index contributed by atoms with van der Waals surface area (Å²) in [6, 6.07) is 17.7. The minimum Gasteiger partial charge on any atom is -0.367 e. The molecule has 0 saturated heterocycles. The lowest BCUT2D eigenvalue weighted by atomic mass is 10.0. The third-order valence-electron chi connectivity index (χ3n) is 5.91. The molecule has 2 nitrogen and oxygen atoms in total. The minimum atomic E-state index is 0.861. The highest BCUT2D eigenvalue weighted by atomic mass is 15.1. The van der Waals surface area contributed by atoms with Crippen LogP contribution < -0.4 is 0 Å². The zero-order valence-electron chi connectivity index (χ0n) is 19.7. The molecule has 0 aromatic heterocycles. The fourth-order valence-electron chi connectivity index (χ4n) is 4.03. The first-order chi connectivity index (χ1) is 14.9. The summed E-state index contributed by atoms with van der Waals surface area (Å²) in [6.45, 7) is 18.7. The Morgan fingerprint density at radius 2 is 1.71 bits per heavy atom. The Kier molecular flexibility index (Phi) is 7.68. The highest BCUT2D eigenvalue weighted by Gasteiger charge is 2.16. The Hall–Kier alpha value is -2.87. The highest BCUT2D eigenvalue weighted by molar-refractivity contribution is 6.04. The van der Waals surface area contributed by atoms with E-state index in [1.807, 2.05) is 0 Å². The number of hydrogen-bond acceptors (Lipinski definition) is 2. The number of rotatable bonds is 10. The standard InChI is InChI=1S/C29H36N2/c1-7-24(6)31(19-21(2)3)20-26-10-8-9-25(18-26)13-16-28-23(5)17-29(30-28)27-14-11-22(4)12-15-27/h8-12,14-15,18H,2,6-7,13,16-17,19-20H2,1,3-5H3. The molecule has 0 fully saturated rings. The number of benzene rings is 2. The van der Waals surface area contributed by atoms with Gasteiger partial charge in [0.05, 0.1) is 5.71 Å². The third kappa shape index (κ3) is 6.30. The molecule has 1 heterocycles. The van der Waals surface area contributed by atoms with E-state index in [-0.39, 0.29) is 0 Å². The van der Waals surface area contributed by atoms with Gasteiger partial charge in [-0.05, 0) is 62.3 Å². The molecule has 31 heavy (non-hydrogen) atoms. The summed E-state index contributed by atoms with van der Waals surface area (Å²) in [6.07, 6.45) is 3.93. The summed E-state index contributed by atoms with van der Waals surface area (Å²) < 4.78 is 0. The number of hydrogen-bond donors (Lipinski definition) is 0. The molecule has 2 heteroatoms. The minimum absolute atomic E-state index is 0.861. The molecule has 2 aromatic rings. The van der Waals surface area contributed by atoms with Crippen molar-refractivity contribution in [1.29, 1.82) is 0 Å². The predicted molar refractivity (Wildman–Crippen MR) is 134 cm³/mol. The molecule has 0 unspecified atom stereocenters. The Labute approximate surface area is 188 Å². The Bertz CT molecular complexity index is 1010. The summed E-state index contributed by atoms with van der Waals surface area (Å²) in [5.41, 5.74) is 11.4. The second kappa shape index (κ2) is 10.4. The number of allylic oxidation sites excluding steroid dienone is 3.